The highest BCUT2D eigenvalue weighted by atomic mass is 16.5. The van der Waals surface area contributed by atoms with Gasteiger partial charge in [0.25, 0.3) is 5.91 Å². The van der Waals surface area contributed by atoms with Crippen molar-refractivity contribution in [3.05, 3.63) is 93.5 Å². The topological polar surface area (TPSA) is 77.3 Å². The van der Waals surface area contributed by atoms with E-state index in [9.17, 15) is 9.59 Å². The molecule has 0 saturated heterocycles. The first-order chi connectivity index (χ1) is 18.4. The van der Waals surface area contributed by atoms with Gasteiger partial charge in [0, 0.05) is 31.6 Å². The summed E-state index contributed by atoms with van der Waals surface area (Å²) in [7, 11) is 1.87. The number of amides is 1. The second-order valence-corrected chi connectivity index (χ2v) is 9.98. The maximum Gasteiger partial charge on any atom is 0.306 e. The van der Waals surface area contributed by atoms with E-state index in [0.717, 1.165) is 51.7 Å². The number of aromatic nitrogens is 3. The second-order valence-electron chi connectivity index (χ2n) is 9.98. The van der Waals surface area contributed by atoms with Gasteiger partial charge in [-0.15, -0.1) is 5.10 Å². The highest BCUT2D eigenvalue weighted by Gasteiger charge is 2.26. The number of ether oxygens (including phenoxy) is 1. The minimum atomic E-state index is -0.235. The third kappa shape index (κ3) is 4.93. The van der Waals surface area contributed by atoms with Gasteiger partial charge in [-0.05, 0) is 78.3 Å². The van der Waals surface area contributed by atoms with Crippen molar-refractivity contribution in [1.29, 1.82) is 0 Å². The number of esters is 1. The number of fused-ring (bicyclic) bond motifs is 2. The fourth-order valence-electron chi connectivity index (χ4n) is 5.45. The van der Waals surface area contributed by atoms with Crippen molar-refractivity contribution in [2.24, 2.45) is 7.05 Å². The van der Waals surface area contributed by atoms with Crippen molar-refractivity contribution in [1.82, 2.24) is 19.9 Å². The van der Waals surface area contributed by atoms with E-state index in [1.165, 1.54) is 11.1 Å². The van der Waals surface area contributed by atoms with E-state index >= 15 is 0 Å². The summed E-state index contributed by atoms with van der Waals surface area (Å²) >= 11 is 0. The van der Waals surface area contributed by atoms with Crippen LogP contribution in [0, 0.1) is 6.92 Å². The van der Waals surface area contributed by atoms with E-state index < -0.39 is 0 Å². The third-order valence-electron chi connectivity index (χ3n) is 7.67. The lowest BCUT2D eigenvalue weighted by atomic mass is 9.83. The summed E-state index contributed by atoms with van der Waals surface area (Å²) in [5, 5.41) is 8.54. The van der Waals surface area contributed by atoms with Crippen LogP contribution in [0.1, 0.15) is 69.9 Å². The van der Waals surface area contributed by atoms with Crippen molar-refractivity contribution in [3.63, 3.8) is 0 Å². The van der Waals surface area contributed by atoms with Crippen LogP contribution in [0.5, 0.6) is 0 Å². The number of carbonyl (C=O) groups is 2. The monoisotopic (exact) mass is 510 g/mol. The summed E-state index contributed by atoms with van der Waals surface area (Å²) in [6, 6.07) is 18.4. The van der Waals surface area contributed by atoms with Gasteiger partial charge >= 0.3 is 5.97 Å². The van der Waals surface area contributed by atoms with Crippen molar-refractivity contribution in [3.8, 4) is 0 Å². The fraction of sp³-hybridized carbons (Fsp3) is 0.355. The van der Waals surface area contributed by atoms with E-state index in [-0.39, 0.29) is 24.2 Å². The number of aryl methyl sites for hydroxylation is 3. The first kappa shape index (κ1) is 25.6. The first-order valence-electron chi connectivity index (χ1n) is 13.3. The maximum atomic E-state index is 13.3. The molecule has 0 N–H and O–H groups in total. The van der Waals surface area contributed by atoms with Gasteiger partial charge in [0.15, 0.2) is 0 Å². The van der Waals surface area contributed by atoms with E-state index in [0.29, 0.717) is 19.7 Å². The number of nitrogens with zero attached hydrogens (tertiary/aromatic N) is 4. The molecule has 1 aromatic heterocycles. The van der Waals surface area contributed by atoms with Gasteiger partial charge in [0.1, 0.15) is 5.52 Å². The fourth-order valence-corrected chi connectivity index (χ4v) is 5.45. The van der Waals surface area contributed by atoms with E-state index in [2.05, 4.69) is 41.5 Å². The van der Waals surface area contributed by atoms with Crippen LogP contribution in [0.4, 0.5) is 0 Å². The molecule has 1 aliphatic heterocycles. The Morgan fingerprint density at radius 2 is 1.82 bits per heavy atom. The van der Waals surface area contributed by atoms with E-state index in [1.807, 2.05) is 56.1 Å². The molecule has 1 unspecified atom stereocenters. The number of benzene rings is 3. The van der Waals surface area contributed by atoms with Gasteiger partial charge < -0.3 is 9.64 Å². The number of hydrogen-bond acceptors (Lipinski definition) is 5. The molecule has 1 aliphatic rings. The maximum absolute atomic E-state index is 13.3. The molecule has 3 aromatic carbocycles. The molecule has 0 radical (unpaired) electrons. The molecule has 7 heteroatoms. The largest absolute Gasteiger partial charge is 0.466 e. The standard InChI is InChI=1S/C31H34N4O3/c1-5-21-7-9-23(10-8-21)31(37)35-16-15-22-11-12-24(17-25(22)19-35)27(18-29(36)38-6-2)26-13-14-28-30(20(26)3)32-33-34(28)4/h7-14,17,27H,5-6,15-16,18-19H2,1-4H3. The van der Waals surface area contributed by atoms with Crippen LogP contribution in [0.25, 0.3) is 11.0 Å². The third-order valence-corrected chi connectivity index (χ3v) is 7.67. The predicted octanol–water partition coefficient (Wildman–Crippen LogP) is 5.12. The van der Waals surface area contributed by atoms with Crippen LogP contribution in [0.2, 0.25) is 0 Å². The van der Waals surface area contributed by atoms with Crippen LogP contribution < -0.4 is 0 Å². The molecule has 2 heterocycles. The van der Waals surface area contributed by atoms with Gasteiger partial charge in [-0.2, -0.15) is 0 Å². The Morgan fingerprint density at radius 1 is 1.03 bits per heavy atom. The summed E-state index contributed by atoms with van der Waals surface area (Å²) in [5.41, 5.74) is 9.17. The average Bonchev–Trinajstić information content (AvgIpc) is 3.32. The number of carbonyl (C=O) groups excluding carboxylic acids is 2. The smallest absolute Gasteiger partial charge is 0.306 e. The van der Waals surface area contributed by atoms with Gasteiger partial charge in [0.05, 0.1) is 18.5 Å². The van der Waals surface area contributed by atoms with Crippen molar-refractivity contribution < 1.29 is 14.3 Å². The van der Waals surface area contributed by atoms with Gasteiger partial charge in [0.2, 0.25) is 0 Å². The average molecular weight is 511 g/mol. The molecule has 0 fully saturated rings. The molecule has 0 aliphatic carbocycles. The van der Waals surface area contributed by atoms with Crippen molar-refractivity contribution in [2.75, 3.05) is 13.2 Å². The molecule has 4 aromatic rings. The molecular weight excluding hydrogens is 476 g/mol. The van der Waals surface area contributed by atoms with Crippen molar-refractivity contribution >= 4 is 22.9 Å². The molecule has 38 heavy (non-hydrogen) atoms. The number of hydrogen-bond donors (Lipinski definition) is 0. The van der Waals surface area contributed by atoms with Crippen LogP contribution in [0.3, 0.4) is 0 Å². The Balaban J connectivity index is 1.48. The zero-order valence-electron chi connectivity index (χ0n) is 22.5. The molecule has 0 bridgehead atoms. The zero-order valence-corrected chi connectivity index (χ0v) is 22.5. The lowest BCUT2D eigenvalue weighted by Crippen LogP contribution is -2.36. The van der Waals surface area contributed by atoms with Crippen LogP contribution in [0.15, 0.2) is 54.6 Å². The Morgan fingerprint density at radius 3 is 2.55 bits per heavy atom. The lowest BCUT2D eigenvalue weighted by molar-refractivity contribution is -0.143. The minimum absolute atomic E-state index is 0.0516. The Kier molecular flexibility index (Phi) is 7.27. The molecule has 196 valence electrons. The van der Waals surface area contributed by atoms with Gasteiger partial charge in [-0.3, -0.25) is 9.59 Å². The SMILES string of the molecule is CCOC(=O)CC(c1ccc2c(c1)CN(C(=O)c1ccc(CC)cc1)CC2)c1ccc2c(nnn2C)c1C. The molecule has 1 amide bonds. The van der Waals surface area contributed by atoms with Crippen molar-refractivity contribution in [2.45, 2.75) is 52.5 Å². The molecular formula is C31H34N4O3. The Labute approximate surface area is 223 Å². The molecule has 0 saturated carbocycles. The summed E-state index contributed by atoms with van der Waals surface area (Å²) in [4.78, 5) is 27.9. The predicted molar refractivity (Wildman–Crippen MR) is 147 cm³/mol. The molecule has 1 atom stereocenters. The Bertz CT molecular complexity index is 1490. The summed E-state index contributed by atoms with van der Waals surface area (Å²) in [6.07, 6.45) is 1.98. The molecule has 7 nitrogen and oxygen atoms in total. The zero-order chi connectivity index (χ0) is 26.8. The normalized spacial score (nSPS) is 13.8. The Hall–Kier alpha value is -4.00. The summed E-state index contributed by atoms with van der Waals surface area (Å²) in [6.45, 7) is 7.55. The minimum Gasteiger partial charge on any atom is -0.466 e. The lowest BCUT2D eigenvalue weighted by Gasteiger charge is -2.30. The summed E-state index contributed by atoms with van der Waals surface area (Å²) < 4.78 is 7.11. The van der Waals surface area contributed by atoms with E-state index in [4.69, 9.17) is 4.74 Å². The van der Waals surface area contributed by atoms with E-state index in [1.54, 1.807) is 4.68 Å². The highest BCUT2D eigenvalue weighted by molar-refractivity contribution is 5.94. The number of rotatable bonds is 7. The molecule has 0 spiro atoms. The summed E-state index contributed by atoms with van der Waals surface area (Å²) in [5.74, 6) is -0.379. The van der Waals surface area contributed by atoms with Gasteiger partial charge in [-0.25, -0.2) is 4.68 Å². The second kappa shape index (κ2) is 10.8. The van der Waals surface area contributed by atoms with Crippen LogP contribution >= 0.6 is 0 Å². The van der Waals surface area contributed by atoms with Crippen LogP contribution in [-0.4, -0.2) is 44.9 Å². The van der Waals surface area contributed by atoms with Crippen LogP contribution in [-0.2, 0) is 36.0 Å². The van der Waals surface area contributed by atoms with Gasteiger partial charge in [-0.1, -0.05) is 48.5 Å². The quantitative estimate of drug-likeness (QED) is 0.323. The molecule has 5 rings (SSSR count). The highest BCUT2D eigenvalue weighted by Crippen LogP contribution is 2.35. The first-order valence-corrected chi connectivity index (χ1v) is 13.3.